The Hall–Kier alpha value is -1.11. The Labute approximate surface area is 113 Å². The topological polar surface area (TPSA) is 75.6 Å². The maximum absolute atomic E-state index is 11.8. The van der Waals surface area contributed by atoms with E-state index >= 15 is 0 Å². The highest BCUT2D eigenvalue weighted by Crippen LogP contribution is 2.13. The fraction of sp³-hybridized carbons (Fsp3) is 0.538. The fourth-order valence-electron chi connectivity index (χ4n) is 2.09. The first kappa shape index (κ1) is 14.3. The molecule has 1 aliphatic heterocycles. The lowest BCUT2D eigenvalue weighted by atomic mass is 10.1. The van der Waals surface area contributed by atoms with Gasteiger partial charge in [-0.25, -0.2) is 13.1 Å². The zero-order valence-corrected chi connectivity index (χ0v) is 11.5. The van der Waals surface area contributed by atoms with Crippen LogP contribution >= 0.6 is 0 Å². The SMILES string of the molecule is O=S(=O)(CC1CCCO1)NCCc1ccc(O)cc1. The molecule has 1 saturated heterocycles. The minimum atomic E-state index is -3.27. The van der Waals surface area contributed by atoms with Gasteiger partial charge in [-0.3, -0.25) is 0 Å². The number of rotatable bonds is 6. The van der Waals surface area contributed by atoms with Crippen LogP contribution in [-0.2, 0) is 21.2 Å². The van der Waals surface area contributed by atoms with E-state index < -0.39 is 10.0 Å². The Morgan fingerprint density at radius 2 is 2.05 bits per heavy atom. The predicted molar refractivity (Wildman–Crippen MR) is 72.6 cm³/mol. The standard InChI is InChI=1S/C13H19NO4S/c15-12-5-3-11(4-6-12)7-8-14-19(16,17)10-13-2-1-9-18-13/h3-6,13-15H,1-2,7-10H2. The summed E-state index contributed by atoms with van der Waals surface area (Å²) in [6.45, 7) is 1.02. The molecule has 1 unspecified atom stereocenters. The smallest absolute Gasteiger partial charge is 0.214 e. The molecular formula is C13H19NO4S. The van der Waals surface area contributed by atoms with Crippen LogP contribution in [0.5, 0.6) is 5.75 Å². The number of hydrogen-bond acceptors (Lipinski definition) is 4. The third-order valence-electron chi connectivity index (χ3n) is 3.10. The van der Waals surface area contributed by atoms with Crippen LogP contribution in [0, 0.1) is 0 Å². The van der Waals surface area contributed by atoms with Crippen molar-refractivity contribution in [2.75, 3.05) is 18.9 Å². The Balaban J connectivity index is 1.76. The highest BCUT2D eigenvalue weighted by molar-refractivity contribution is 7.89. The van der Waals surface area contributed by atoms with Crippen LogP contribution < -0.4 is 4.72 Å². The van der Waals surface area contributed by atoms with Crippen molar-refractivity contribution in [1.82, 2.24) is 4.72 Å². The van der Waals surface area contributed by atoms with E-state index in [2.05, 4.69) is 4.72 Å². The van der Waals surface area contributed by atoms with Gasteiger partial charge in [0, 0.05) is 13.2 Å². The summed E-state index contributed by atoms with van der Waals surface area (Å²) in [5.74, 6) is 0.255. The zero-order chi connectivity index (χ0) is 13.7. The van der Waals surface area contributed by atoms with E-state index in [9.17, 15) is 8.42 Å². The molecule has 1 fully saturated rings. The van der Waals surface area contributed by atoms with Crippen molar-refractivity contribution in [3.8, 4) is 5.75 Å². The molecule has 0 spiro atoms. The Morgan fingerprint density at radius 1 is 1.32 bits per heavy atom. The molecule has 0 aromatic heterocycles. The molecule has 0 aliphatic carbocycles. The molecule has 1 aliphatic rings. The number of aromatic hydroxyl groups is 1. The Morgan fingerprint density at radius 3 is 2.68 bits per heavy atom. The lowest BCUT2D eigenvalue weighted by Gasteiger charge is -2.11. The summed E-state index contributed by atoms with van der Waals surface area (Å²) in [5, 5.41) is 9.15. The largest absolute Gasteiger partial charge is 0.508 e. The number of ether oxygens (including phenoxy) is 1. The number of sulfonamides is 1. The van der Waals surface area contributed by atoms with E-state index in [1.165, 1.54) is 0 Å². The molecule has 1 aromatic carbocycles. The lowest BCUT2D eigenvalue weighted by Crippen LogP contribution is -2.33. The van der Waals surface area contributed by atoms with Gasteiger partial charge in [0.15, 0.2) is 0 Å². The van der Waals surface area contributed by atoms with Crippen LogP contribution in [0.15, 0.2) is 24.3 Å². The molecule has 106 valence electrons. The van der Waals surface area contributed by atoms with Crippen molar-refractivity contribution < 1.29 is 18.3 Å². The van der Waals surface area contributed by atoms with E-state index in [1.807, 2.05) is 0 Å². The molecule has 1 atom stereocenters. The maximum Gasteiger partial charge on any atom is 0.214 e. The van der Waals surface area contributed by atoms with E-state index in [0.29, 0.717) is 19.6 Å². The summed E-state index contributed by atoms with van der Waals surface area (Å²) < 4.78 is 31.5. The Bertz CT molecular complexity index is 492. The molecule has 19 heavy (non-hydrogen) atoms. The molecule has 2 N–H and O–H groups in total. The Kier molecular flexibility index (Phi) is 4.79. The van der Waals surface area contributed by atoms with Gasteiger partial charge in [-0.15, -0.1) is 0 Å². The van der Waals surface area contributed by atoms with Gasteiger partial charge in [0.25, 0.3) is 0 Å². The second-order valence-electron chi connectivity index (χ2n) is 4.73. The van der Waals surface area contributed by atoms with E-state index in [0.717, 1.165) is 18.4 Å². The lowest BCUT2D eigenvalue weighted by molar-refractivity contribution is 0.127. The predicted octanol–water partition coefficient (Wildman–Crippen LogP) is 1.03. The number of nitrogens with one attached hydrogen (secondary N) is 1. The quantitative estimate of drug-likeness (QED) is 0.818. The third-order valence-corrected chi connectivity index (χ3v) is 4.56. The summed E-state index contributed by atoms with van der Waals surface area (Å²) >= 11 is 0. The van der Waals surface area contributed by atoms with Gasteiger partial charge in [-0.1, -0.05) is 12.1 Å². The molecule has 0 radical (unpaired) electrons. The second-order valence-corrected chi connectivity index (χ2v) is 6.58. The summed E-state index contributed by atoms with van der Waals surface area (Å²) in [6.07, 6.45) is 2.20. The van der Waals surface area contributed by atoms with Gasteiger partial charge < -0.3 is 9.84 Å². The summed E-state index contributed by atoms with van der Waals surface area (Å²) in [7, 11) is -3.27. The van der Waals surface area contributed by atoms with Crippen molar-refractivity contribution in [3.05, 3.63) is 29.8 Å². The van der Waals surface area contributed by atoms with Crippen LogP contribution in [0.2, 0.25) is 0 Å². The zero-order valence-electron chi connectivity index (χ0n) is 10.7. The first-order chi connectivity index (χ1) is 9.05. The minimum absolute atomic E-state index is 0.0442. The summed E-state index contributed by atoms with van der Waals surface area (Å²) in [6, 6.07) is 6.75. The van der Waals surface area contributed by atoms with Crippen LogP contribution in [0.25, 0.3) is 0 Å². The van der Waals surface area contributed by atoms with Crippen molar-refractivity contribution in [2.45, 2.75) is 25.4 Å². The van der Waals surface area contributed by atoms with E-state index in [-0.39, 0.29) is 17.6 Å². The van der Waals surface area contributed by atoms with Crippen molar-refractivity contribution in [3.63, 3.8) is 0 Å². The molecule has 2 rings (SSSR count). The normalized spacial score (nSPS) is 19.7. The molecule has 1 aromatic rings. The minimum Gasteiger partial charge on any atom is -0.508 e. The molecular weight excluding hydrogens is 266 g/mol. The fourth-order valence-corrected chi connectivity index (χ4v) is 3.38. The van der Waals surface area contributed by atoms with Crippen molar-refractivity contribution in [1.29, 1.82) is 0 Å². The third kappa shape index (κ3) is 4.81. The van der Waals surface area contributed by atoms with Crippen molar-refractivity contribution >= 4 is 10.0 Å². The van der Waals surface area contributed by atoms with Crippen LogP contribution in [0.4, 0.5) is 0 Å². The van der Waals surface area contributed by atoms with Crippen LogP contribution in [0.3, 0.4) is 0 Å². The van der Waals surface area contributed by atoms with Gasteiger partial charge >= 0.3 is 0 Å². The van der Waals surface area contributed by atoms with Crippen LogP contribution in [0.1, 0.15) is 18.4 Å². The number of hydrogen-bond donors (Lipinski definition) is 2. The molecule has 6 heteroatoms. The summed E-state index contributed by atoms with van der Waals surface area (Å²) in [4.78, 5) is 0. The van der Waals surface area contributed by atoms with Gasteiger partial charge in [-0.05, 0) is 37.0 Å². The highest BCUT2D eigenvalue weighted by Gasteiger charge is 2.22. The molecule has 0 bridgehead atoms. The number of phenols is 1. The number of phenolic OH excluding ortho intramolecular Hbond substituents is 1. The van der Waals surface area contributed by atoms with E-state index in [4.69, 9.17) is 9.84 Å². The van der Waals surface area contributed by atoms with Gasteiger partial charge in [0.05, 0.1) is 11.9 Å². The second kappa shape index (κ2) is 6.36. The summed E-state index contributed by atoms with van der Waals surface area (Å²) in [5.41, 5.74) is 0.984. The average Bonchev–Trinajstić information content (AvgIpc) is 2.83. The van der Waals surface area contributed by atoms with Gasteiger partial charge in [0.1, 0.15) is 5.75 Å². The average molecular weight is 285 g/mol. The molecule has 5 nitrogen and oxygen atoms in total. The van der Waals surface area contributed by atoms with Gasteiger partial charge in [0.2, 0.25) is 10.0 Å². The van der Waals surface area contributed by atoms with Gasteiger partial charge in [-0.2, -0.15) is 0 Å². The number of benzene rings is 1. The maximum atomic E-state index is 11.8. The molecule has 1 heterocycles. The van der Waals surface area contributed by atoms with Crippen molar-refractivity contribution in [2.24, 2.45) is 0 Å². The molecule has 0 amide bonds. The highest BCUT2D eigenvalue weighted by atomic mass is 32.2. The monoisotopic (exact) mass is 285 g/mol. The van der Waals surface area contributed by atoms with Crippen LogP contribution in [-0.4, -0.2) is 38.5 Å². The first-order valence-electron chi connectivity index (χ1n) is 6.42. The van der Waals surface area contributed by atoms with E-state index in [1.54, 1.807) is 24.3 Å². The molecule has 0 saturated carbocycles. The first-order valence-corrected chi connectivity index (χ1v) is 8.07.